The minimum absolute atomic E-state index is 0.108. The fraction of sp³-hybridized carbons (Fsp3) is 0.538. The van der Waals surface area contributed by atoms with Crippen molar-refractivity contribution in [1.29, 1.82) is 0 Å². The molecule has 0 aromatic heterocycles. The van der Waals surface area contributed by atoms with Crippen LogP contribution in [0.25, 0.3) is 0 Å². The van der Waals surface area contributed by atoms with Crippen LogP contribution in [0.5, 0.6) is 0 Å². The van der Waals surface area contributed by atoms with Crippen molar-refractivity contribution in [3.63, 3.8) is 0 Å². The Balaban J connectivity index is 2.63. The van der Waals surface area contributed by atoms with Gasteiger partial charge in [-0.3, -0.25) is 15.0 Å². The van der Waals surface area contributed by atoms with E-state index in [0.29, 0.717) is 19.8 Å². The molecule has 0 aliphatic heterocycles. The van der Waals surface area contributed by atoms with Gasteiger partial charge in [0, 0.05) is 32.9 Å². The second-order valence-corrected chi connectivity index (χ2v) is 4.40. The molecule has 0 heterocycles. The van der Waals surface area contributed by atoms with Gasteiger partial charge in [-0.05, 0) is 12.6 Å². The number of nitro benzene ring substituents is 1. The number of hydrogen-bond acceptors (Lipinski definition) is 5. The van der Waals surface area contributed by atoms with Gasteiger partial charge in [-0.15, -0.1) is 0 Å². The van der Waals surface area contributed by atoms with Crippen molar-refractivity contribution in [2.75, 3.05) is 34.5 Å². The lowest BCUT2D eigenvalue weighted by molar-refractivity contribution is -0.384. The van der Waals surface area contributed by atoms with Gasteiger partial charge in [-0.2, -0.15) is 0 Å². The SMILES string of the molecule is COCC(COC)N(C)Cc1ccc([N+](=O)[O-])cc1. The number of methoxy groups -OCH3 is 2. The van der Waals surface area contributed by atoms with Crippen LogP contribution in [0.15, 0.2) is 24.3 Å². The summed E-state index contributed by atoms with van der Waals surface area (Å²) in [5, 5.41) is 10.6. The second kappa shape index (κ2) is 7.83. The Morgan fingerprint density at radius 2 is 1.74 bits per heavy atom. The van der Waals surface area contributed by atoms with Crippen LogP contribution in [-0.2, 0) is 16.0 Å². The van der Waals surface area contributed by atoms with Gasteiger partial charge in [0.1, 0.15) is 0 Å². The molecule has 106 valence electrons. The van der Waals surface area contributed by atoms with E-state index in [1.54, 1.807) is 26.4 Å². The van der Waals surface area contributed by atoms with E-state index in [2.05, 4.69) is 4.90 Å². The van der Waals surface area contributed by atoms with E-state index in [9.17, 15) is 10.1 Å². The van der Waals surface area contributed by atoms with Crippen molar-refractivity contribution < 1.29 is 14.4 Å². The van der Waals surface area contributed by atoms with Crippen molar-refractivity contribution in [2.45, 2.75) is 12.6 Å². The maximum atomic E-state index is 10.6. The molecular weight excluding hydrogens is 248 g/mol. The monoisotopic (exact) mass is 268 g/mol. The first-order chi connectivity index (χ1) is 9.08. The van der Waals surface area contributed by atoms with Gasteiger partial charge >= 0.3 is 0 Å². The van der Waals surface area contributed by atoms with Crippen LogP contribution in [0.2, 0.25) is 0 Å². The molecule has 0 atom stereocenters. The van der Waals surface area contributed by atoms with Gasteiger partial charge in [0.05, 0.1) is 24.2 Å². The highest BCUT2D eigenvalue weighted by molar-refractivity contribution is 5.32. The average Bonchev–Trinajstić information content (AvgIpc) is 2.39. The number of rotatable bonds is 8. The van der Waals surface area contributed by atoms with Gasteiger partial charge in [-0.1, -0.05) is 12.1 Å². The van der Waals surface area contributed by atoms with Gasteiger partial charge in [0.25, 0.3) is 5.69 Å². The number of benzene rings is 1. The molecule has 6 nitrogen and oxygen atoms in total. The van der Waals surface area contributed by atoms with Crippen molar-refractivity contribution in [1.82, 2.24) is 4.90 Å². The molecule has 0 saturated heterocycles. The fourth-order valence-corrected chi connectivity index (χ4v) is 1.83. The number of ether oxygens (including phenoxy) is 2. The van der Waals surface area contributed by atoms with Crippen molar-refractivity contribution in [3.05, 3.63) is 39.9 Å². The van der Waals surface area contributed by atoms with E-state index in [-0.39, 0.29) is 11.7 Å². The zero-order valence-corrected chi connectivity index (χ0v) is 11.5. The molecule has 0 saturated carbocycles. The quantitative estimate of drug-likeness (QED) is 0.530. The van der Waals surface area contributed by atoms with Crippen LogP contribution in [0.4, 0.5) is 5.69 Å². The standard InChI is InChI=1S/C13H20N2O4/c1-14(13(9-18-2)10-19-3)8-11-4-6-12(7-5-11)15(16)17/h4-7,13H,8-10H2,1-3H3. The molecule has 0 N–H and O–H groups in total. The van der Waals surface area contributed by atoms with E-state index < -0.39 is 4.92 Å². The first-order valence-electron chi connectivity index (χ1n) is 6.00. The van der Waals surface area contributed by atoms with Crippen molar-refractivity contribution in [3.8, 4) is 0 Å². The molecule has 0 amide bonds. The summed E-state index contributed by atoms with van der Waals surface area (Å²) in [4.78, 5) is 12.3. The van der Waals surface area contributed by atoms with Crippen LogP contribution >= 0.6 is 0 Å². The summed E-state index contributed by atoms with van der Waals surface area (Å²) >= 11 is 0. The predicted molar refractivity (Wildman–Crippen MR) is 72.1 cm³/mol. The van der Waals surface area contributed by atoms with Crippen LogP contribution in [0.3, 0.4) is 0 Å². The van der Waals surface area contributed by atoms with Gasteiger partial charge < -0.3 is 9.47 Å². The molecule has 1 aromatic carbocycles. The summed E-state index contributed by atoms with van der Waals surface area (Å²) < 4.78 is 10.3. The summed E-state index contributed by atoms with van der Waals surface area (Å²) in [6.07, 6.45) is 0. The Hall–Kier alpha value is -1.50. The van der Waals surface area contributed by atoms with E-state index in [1.807, 2.05) is 7.05 Å². The second-order valence-electron chi connectivity index (χ2n) is 4.40. The van der Waals surface area contributed by atoms with Gasteiger partial charge in [0.15, 0.2) is 0 Å². The first kappa shape index (κ1) is 15.6. The summed E-state index contributed by atoms with van der Waals surface area (Å²) in [6.45, 7) is 1.85. The maximum absolute atomic E-state index is 10.6. The molecule has 0 unspecified atom stereocenters. The van der Waals surface area contributed by atoms with Gasteiger partial charge in [0.2, 0.25) is 0 Å². The molecule has 0 aliphatic rings. The van der Waals surface area contributed by atoms with E-state index in [0.717, 1.165) is 5.56 Å². The van der Waals surface area contributed by atoms with E-state index in [1.165, 1.54) is 12.1 Å². The number of non-ortho nitro benzene ring substituents is 1. The Morgan fingerprint density at radius 3 is 2.16 bits per heavy atom. The third-order valence-corrected chi connectivity index (χ3v) is 2.92. The molecule has 0 radical (unpaired) electrons. The minimum atomic E-state index is -0.397. The molecule has 1 aromatic rings. The molecular formula is C13H20N2O4. The Labute approximate surface area is 113 Å². The summed E-state index contributed by atoms with van der Waals surface area (Å²) in [6, 6.07) is 6.73. The van der Waals surface area contributed by atoms with E-state index >= 15 is 0 Å². The fourth-order valence-electron chi connectivity index (χ4n) is 1.83. The molecule has 19 heavy (non-hydrogen) atoms. The molecule has 1 rings (SSSR count). The first-order valence-corrected chi connectivity index (χ1v) is 6.00. The summed E-state index contributed by atoms with van der Waals surface area (Å²) in [5.41, 5.74) is 1.13. The molecule has 6 heteroatoms. The van der Waals surface area contributed by atoms with Crippen molar-refractivity contribution in [2.24, 2.45) is 0 Å². The third-order valence-electron chi connectivity index (χ3n) is 2.92. The smallest absolute Gasteiger partial charge is 0.269 e. The highest BCUT2D eigenvalue weighted by Crippen LogP contribution is 2.14. The largest absolute Gasteiger partial charge is 0.383 e. The Morgan fingerprint density at radius 1 is 1.21 bits per heavy atom. The summed E-state index contributed by atoms with van der Waals surface area (Å²) in [5.74, 6) is 0. The minimum Gasteiger partial charge on any atom is -0.383 e. The predicted octanol–water partition coefficient (Wildman–Crippen LogP) is 1.69. The number of nitro groups is 1. The lowest BCUT2D eigenvalue weighted by atomic mass is 10.1. The van der Waals surface area contributed by atoms with Crippen molar-refractivity contribution >= 4 is 5.69 Å². The number of nitrogens with zero attached hydrogens (tertiary/aromatic N) is 2. The van der Waals surface area contributed by atoms with Gasteiger partial charge in [-0.25, -0.2) is 0 Å². The number of hydrogen-bond donors (Lipinski definition) is 0. The highest BCUT2D eigenvalue weighted by atomic mass is 16.6. The summed E-state index contributed by atoms with van der Waals surface area (Å²) in [7, 11) is 5.29. The van der Waals surface area contributed by atoms with Crippen LogP contribution < -0.4 is 0 Å². The third kappa shape index (κ3) is 4.94. The Bertz CT molecular complexity index is 388. The lowest BCUT2D eigenvalue weighted by Crippen LogP contribution is -2.38. The molecule has 0 bridgehead atoms. The maximum Gasteiger partial charge on any atom is 0.269 e. The topological polar surface area (TPSA) is 64.8 Å². The highest BCUT2D eigenvalue weighted by Gasteiger charge is 2.15. The average molecular weight is 268 g/mol. The molecule has 0 fully saturated rings. The zero-order chi connectivity index (χ0) is 14.3. The molecule has 0 aliphatic carbocycles. The lowest BCUT2D eigenvalue weighted by Gasteiger charge is -2.26. The van der Waals surface area contributed by atoms with E-state index in [4.69, 9.17) is 9.47 Å². The normalized spacial score (nSPS) is 11.2. The molecule has 0 spiro atoms. The Kier molecular flexibility index (Phi) is 6.41. The number of likely N-dealkylation sites (N-methyl/N-ethyl adjacent to an activating group) is 1. The van der Waals surface area contributed by atoms with Crippen LogP contribution in [-0.4, -0.2) is 50.3 Å². The van der Waals surface area contributed by atoms with Crippen LogP contribution in [0, 0.1) is 10.1 Å². The van der Waals surface area contributed by atoms with Crippen LogP contribution in [0.1, 0.15) is 5.56 Å². The zero-order valence-electron chi connectivity index (χ0n) is 11.5.